The predicted molar refractivity (Wildman–Crippen MR) is 489 cm³/mol. The number of nitrogens with two attached hydrogens (primary N) is 2. The van der Waals surface area contributed by atoms with Gasteiger partial charge >= 0.3 is 39.8 Å². The van der Waals surface area contributed by atoms with Crippen molar-refractivity contribution in [3.8, 4) is 28.7 Å². The van der Waals surface area contributed by atoms with Gasteiger partial charge in [0.05, 0.1) is 63.6 Å². The van der Waals surface area contributed by atoms with E-state index in [9.17, 15) is 29.6 Å². The normalized spacial score (nSPS) is 15.5. The first-order valence-corrected chi connectivity index (χ1v) is 42.7. The lowest BCUT2D eigenvalue weighted by Crippen LogP contribution is -2.35. The minimum atomic E-state index is -1.06. The first-order valence-electron chi connectivity index (χ1n) is 42.7. The van der Waals surface area contributed by atoms with Crippen LogP contribution >= 0.6 is 0 Å². The van der Waals surface area contributed by atoms with Gasteiger partial charge in [-0.15, -0.1) is 0 Å². The molecule has 9 aromatic rings. The molecule has 0 saturated heterocycles. The van der Waals surface area contributed by atoms with Crippen molar-refractivity contribution in [2.24, 2.45) is 11.5 Å². The van der Waals surface area contributed by atoms with Crippen LogP contribution in [-0.2, 0) is 68.4 Å². The Labute approximate surface area is 739 Å². The number of rotatable bonds is 27. The van der Waals surface area contributed by atoms with Crippen molar-refractivity contribution in [1.29, 1.82) is 0 Å². The van der Waals surface area contributed by atoms with Crippen LogP contribution in [-0.4, -0.2) is 161 Å². The van der Waals surface area contributed by atoms with E-state index in [1.54, 1.807) is 41.5 Å². The highest BCUT2D eigenvalue weighted by Crippen LogP contribution is 2.34. The van der Waals surface area contributed by atoms with E-state index in [1.165, 1.54) is 22.3 Å². The SMILES string of the molecule is C.CC(C)(C)OC(=O)NC[C@H]1OB2OCCOc3cccc1c32.CC(C)(C)OC(=O)OC(=O)OC(C)(C)C.CCCOc1cccc([C@H](O)CN(Cc2ccccc2)Cc2ccccc2)c1.CCCOc1cccc([C@H](O)CN)c1.CCCOc1cccc2c1B(O)O[C@@H]2CN(Cc1ccccc1)Cc1ccccc1.NC[C@H]1OB2OCCOc3cccc1c32. The van der Waals surface area contributed by atoms with Crippen molar-refractivity contribution in [1.82, 2.24) is 15.1 Å². The standard InChI is InChI=1S/C25H28BNO3.C25H29NO2.C15H20BNO5.C11H17NO2.C10H12BNO3.C10H18O5.CH4/c1-2-16-29-23-15-9-14-22-24(30-26(28)25(22)23)19-27(17-20-10-5-3-6-11-20)18-21-12-7-4-8-13-21;1-2-16-28-24-15-9-14-23(17-24)25(27)20-26(18-21-10-5-3-6-11-21)19-22-12-7-4-8-13-22;1-15(2,3)21-14(18)17-9-12-10-5-4-6-11-13(10)16(22-12)20-8-7-19-11;1-2-6-14-10-5-3-4-9(7-10)11(13)8-12;12-6-9-7-2-1-3-8-10(7)11(15-9)14-5-4-13-8;1-9(2,3)14-7(11)13-8(12)15-10(4,5)6;/h3-15,24,28H,2,16-19H2,1H3;3-15,17,25,27H,2,16,18-20H2,1H3;4-6,12H,7-9H2,1-3H3,(H,17,18);3-5,7,11,13H,2,6,8,12H2,1H3;1-3,9H,4-6,12H2;1-6H3;1H4/t24-;25-;12-;11-;9-;;/m11111../s1. The van der Waals surface area contributed by atoms with E-state index in [2.05, 4.69) is 138 Å². The van der Waals surface area contributed by atoms with Gasteiger partial charge in [0.2, 0.25) is 0 Å². The number of amides is 1. The summed E-state index contributed by atoms with van der Waals surface area (Å²) < 4.78 is 76.1. The number of ether oxygens (including phenoxy) is 9. The zero-order valence-electron chi connectivity index (χ0n) is 73.7. The van der Waals surface area contributed by atoms with Crippen molar-refractivity contribution < 1.29 is 95.5 Å². The topological polar surface area (TPSA) is 312 Å². The maximum Gasteiger partial charge on any atom is 0.519 e. The number of fused-ring (bicyclic) bond motifs is 1. The molecule has 0 saturated carbocycles. The highest BCUT2D eigenvalue weighted by atomic mass is 16.8. The molecule has 0 radical (unpaired) electrons. The third kappa shape index (κ3) is 33.5. The van der Waals surface area contributed by atoms with Crippen LogP contribution in [0.25, 0.3) is 0 Å². The molecule has 1 amide bonds. The highest BCUT2D eigenvalue weighted by molar-refractivity contribution is 6.65. The maximum absolute atomic E-state index is 11.8. The number of alkyl carbamates (subject to hydrolysis) is 1. The molecule has 5 atom stereocenters. The molecule has 9 aromatic carbocycles. The van der Waals surface area contributed by atoms with E-state index in [0.717, 1.165) is 118 Å². The Balaban J connectivity index is 0.000000190. The third-order valence-corrected chi connectivity index (χ3v) is 19.1. The molecule has 5 heterocycles. The van der Waals surface area contributed by atoms with Gasteiger partial charge in [-0.25, -0.2) is 14.4 Å². The molecule has 5 aliphatic rings. The third-order valence-electron chi connectivity index (χ3n) is 19.1. The summed E-state index contributed by atoms with van der Waals surface area (Å²) in [7, 11) is -1.68. The molecule has 0 spiro atoms. The van der Waals surface area contributed by atoms with Crippen molar-refractivity contribution in [2.75, 3.05) is 79.0 Å². The van der Waals surface area contributed by atoms with Crippen LogP contribution in [0.1, 0.15) is 190 Å². The summed E-state index contributed by atoms with van der Waals surface area (Å²) in [6.07, 6.45) is -1.41. The van der Waals surface area contributed by atoms with Crippen LogP contribution in [0.4, 0.5) is 14.4 Å². The number of aliphatic hydroxyl groups excluding tert-OH is 2. The van der Waals surface area contributed by atoms with Gasteiger partial charge < -0.3 is 97.9 Å². The van der Waals surface area contributed by atoms with Crippen LogP contribution in [0.5, 0.6) is 28.7 Å². The van der Waals surface area contributed by atoms with Gasteiger partial charge in [0.25, 0.3) is 0 Å². The van der Waals surface area contributed by atoms with Gasteiger partial charge in [-0.3, -0.25) is 9.80 Å². The monoisotopic (exact) mass is 1720 g/mol. The molecule has 0 fully saturated rings. The second-order valence-electron chi connectivity index (χ2n) is 33.0. The van der Waals surface area contributed by atoms with Crippen molar-refractivity contribution in [2.45, 2.75) is 183 Å². The van der Waals surface area contributed by atoms with Crippen LogP contribution in [0.3, 0.4) is 0 Å². The average Bonchev–Trinajstić information content (AvgIpc) is 1.65. The number of aliphatic hydroxyl groups is 2. The number of benzene rings is 9. The lowest BCUT2D eigenvalue weighted by Gasteiger charge is -2.26. The quantitative estimate of drug-likeness (QED) is 0.0121. The Morgan fingerprint density at radius 1 is 0.464 bits per heavy atom. The fourth-order valence-electron chi connectivity index (χ4n) is 13.7. The van der Waals surface area contributed by atoms with Gasteiger partial charge in [0, 0.05) is 75.3 Å². The summed E-state index contributed by atoms with van der Waals surface area (Å²) in [5.41, 5.74) is 21.6. The van der Waals surface area contributed by atoms with Crippen LogP contribution in [0, 0.1) is 0 Å². The zero-order chi connectivity index (χ0) is 89.0. The molecule has 0 aliphatic carbocycles. The molecular formula is C97H128B3N5O20. The second kappa shape index (κ2) is 50.7. The summed E-state index contributed by atoms with van der Waals surface area (Å²) in [6.45, 7) is 31.3. The Morgan fingerprint density at radius 3 is 1.30 bits per heavy atom. The number of carbonyl (C=O) groups is 3. The van der Waals surface area contributed by atoms with Crippen LogP contribution < -0.4 is 56.9 Å². The van der Waals surface area contributed by atoms with E-state index < -0.39 is 61.7 Å². The lowest BCUT2D eigenvalue weighted by atomic mass is 9.78. The molecule has 25 nitrogen and oxygen atoms in total. The minimum absolute atomic E-state index is 0. The molecule has 8 N–H and O–H groups in total. The molecule has 14 rings (SSSR count). The lowest BCUT2D eigenvalue weighted by molar-refractivity contribution is -0.0294. The number of hydrogen-bond acceptors (Lipinski definition) is 24. The van der Waals surface area contributed by atoms with Crippen molar-refractivity contribution >= 4 is 56.1 Å². The molecular weight excluding hydrogens is 1590 g/mol. The largest absolute Gasteiger partial charge is 0.519 e. The first-order chi connectivity index (χ1) is 59.6. The molecule has 28 heteroatoms. The zero-order valence-corrected chi connectivity index (χ0v) is 73.7. The molecule has 5 aliphatic heterocycles. The second-order valence-corrected chi connectivity index (χ2v) is 33.0. The molecule has 0 unspecified atom stereocenters. The summed E-state index contributed by atoms with van der Waals surface area (Å²) in [5, 5.41) is 33.7. The molecule has 125 heavy (non-hydrogen) atoms. The Bertz CT molecular complexity index is 4580. The van der Waals surface area contributed by atoms with E-state index in [1.807, 2.05) is 148 Å². The molecule has 0 aromatic heterocycles. The summed E-state index contributed by atoms with van der Waals surface area (Å²) in [5.74, 6) is 3.99. The summed E-state index contributed by atoms with van der Waals surface area (Å²) >= 11 is 0. The van der Waals surface area contributed by atoms with Crippen LogP contribution in [0.15, 0.2) is 224 Å². The van der Waals surface area contributed by atoms with Crippen molar-refractivity contribution in [3.05, 3.63) is 275 Å². The number of carbonyl (C=O) groups excluding carboxylic acids is 3. The van der Waals surface area contributed by atoms with Gasteiger partial charge in [0.15, 0.2) is 0 Å². The van der Waals surface area contributed by atoms with Crippen molar-refractivity contribution in [3.63, 3.8) is 0 Å². The molecule has 670 valence electrons. The predicted octanol–water partition coefficient (Wildman–Crippen LogP) is 15.3. The molecule has 0 bridgehead atoms. The van der Waals surface area contributed by atoms with Gasteiger partial charge in [-0.2, -0.15) is 0 Å². The Kier molecular flexibility index (Phi) is 40.6. The number of hydrogen-bond donors (Lipinski definition) is 6. The Hall–Kier alpha value is -10.3. The maximum atomic E-state index is 11.8. The average molecular weight is 1720 g/mol. The van der Waals surface area contributed by atoms with Gasteiger partial charge in [-0.1, -0.05) is 210 Å². The van der Waals surface area contributed by atoms with E-state index in [4.69, 9.17) is 72.6 Å². The van der Waals surface area contributed by atoms with Gasteiger partial charge in [-0.05, 0) is 174 Å². The van der Waals surface area contributed by atoms with E-state index in [-0.39, 0.29) is 39.4 Å². The first kappa shape index (κ1) is 100. The number of nitrogens with one attached hydrogen (secondary N) is 1. The fourth-order valence-corrected chi connectivity index (χ4v) is 13.7. The Morgan fingerprint density at radius 2 is 0.864 bits per heavy atom. The fraction of sp³-hybridized carbons (Fsp3) is 0.412. The number of nitrogens with zero attached hydrogens (tertiary/aromatic N) is 2. The minimum Gasteiger partial charge on any atom is -0.494 e. The smallest absolute Gasteiger partial charge is 0.494 e. The highest BCUT2D eigenvalue weighted by Gasteiger charge is 2.43. The van der Waals surface area contributed by atoms with E-state index in [0.29, 0.717) is 72.4 Å². The van der Waals surface area contributed by atoms with E-state index >= 15 is 0 Å². The summed E-state index contributed by atoms with van der Waals surface area (Å²) in [4.78, 5) is 38.4. The van der Waals surface area contributed by atoms with Crippen LogP contribution in [0.2, 0.25) is 0 Å². The summed E-state index contributed by atoms with van der Waals surface area (Å²) in [6, 6.07) is 74.6. The van der Waals surface area contributed by atoms with Gasteiger partial charge in [0.1, 0.15) is 58.8 Å².